The molecule has 4 heteroatoms. The Labute approximate surface area is 94.1 Å². The van der Waals surface area contributed by atoms with Crippen LogP contribution in [0.3, 0.4) is 0 Å². The number of carbonyl (C=O) groups is 1. The van der Waals surface area contributed by atoms with Crippen molar-refractivity contribution in [2.45, 2.75) is 49.2 Å². The summed E-state index contributed by atoms with van der Waals surface area (Å²) in [4.78, 5) is 11.6. The molecule has 3 fully saturated rings. The molecule has 2 unspecified atom stereocenters. The fourth-order valence-corrected chi connectivity index (χ4v) is 4.12. The van der Waals surface area contributed by atoms with Crippen LogP contribution in [-0.4, -0.2) is 23.7 Å². The molecule has 1 heterocycles. The molecule has 3 rings (SSSR count). The summed E-state index contributed by atoms with van der Waals surface area (Å²) in [7, 11) is 1.37. The molecule has 0 radical (unpaired) electrons. The van der Waals surface area contributed by atoms with E-state index >= 15 is 0 Å². The Bertz CT molecular complexity index is 326. The van der Waals surface area contributed by atoms with Gasteiger partial charge in [0.2, 0.25) is 0 Å². The second kappa shape index (κ2) is 2.69. The van der Waals surface area contributed by atoms with Crippen LogP contribution in [0.25, 0.3) is 0 Å². The lowest BCUT2D eigenvalue weighted by Gasteiger charge is -2.42. The molecule has 15 heavy (non-hydrogen) atoms. The van der Waals surface area contributed by atoms with Gasteiger partial charge in [0, 0.05) is 5.41 Å². The molecule has 0 N–H and O–H groups in total. The van der Waals surface area contributed by atoms with Crippen LogP contribution in [0.4, 0.5) is 0 Å². The van der Waals surface area contributed by atoms with Gasteiger partial charge in [-0.15, -0.1) is 0 Å². The van der Waals surface area contributed by atoms with E-state index in [9.17, 15) is 4.79 Å². The number of rotatable bonds is 1. The number of halogens is 1. The summed E-state index contributed by atoms with van der Waals surface area (Å²) < 4.78 is 10.4. The van der Waals surface area contributed by atoms with E-state index in [1.807, 2.05) is 0 Å². The van der Waals surface area contributed by atoms with E-state index in [2.05, 4.69) is 0 Å². The van der Waals surface area contributed by atoms with Crippen LogP contribution in [0.5, 0.6) is 0 Å². The molecule has 0 aromatic carbocycles. The van der Waals surface area contributed by atoms with E-state index in [1.54, 1.807) is 0 Å². The van der Waals surface area contributed by atoms with Gasteiger partial charge in [-0.3, -0.25) is 0 Å². The predicted octanol–water partition coefficient (Wildman–Crippen LogP) is 2.22. The fraction of sp³-hybridized carbons (Fsp3) is 0.909. The Morgan fingerprint density at radius 2 is 1.87 bits per heavy atom. The molecular weight excluding hydrogens is 216 g/mol. The Morgan fingerprint density at radius 3 is 2.40 bits per heavy atom. The van der Waals surface area contributed by atoms with E-state index in [1.165, 1.54) is 13.5 Å². The summed E-state index contributed by atoms with van der Waals surface area (Å²) in [5.41, 5.74) is -0.212. The smallest absolute Gasteiger partial charge is 0.357 e. The summed E-state index contributed by atoms with van der Waals surface area (Å²) in [6.45, 7) is 0. The standard InChI is InChI=1S/C11H15ClO3/c1-14-8(13)11(12)10(15-11)7-3-6-9(10)4-2-5-9/h2-7H2,1H3. The maximum absolute atomic E-state index is 11.6. The van der Waals surface area contributed by atoms with Crippen molar-refractivity contribution in [3.05, 3.63) is 0 Å². The number of esters is 1. The van der Waals surface area contributed by atoms with E-state index in [-0.39, 0.29) is 5.41 Å². The number of hydrogen-bond acceptors (Lipinski definition) is 3. The van der Waals surface area contributed by atoms with Crippen molar-refractivity contribution < 1.29 is 14.3 Å². The van der Waals surface area contributed by atoms with Crippen molar-refractivity contribution >= 4 is 17.6 Å². The van der Waals surface area contributed by atoms with Crippen molar-refractivity contribution in [3.63, 3.8) is 0 Å². The second-order valence-electron chi connectivity index (χ2n) is 5.00. The minimum Gasteiger partial charge on any atom is -0.466 e. The van der Waals surface area contributed by atoms with Gasteiger partial charge in [0.15, 0.2) is 0 Å². The first-order valence-corrected chi connectivity index (χ1v) is 5.96. The van der Waals surface area contributed by atoms with Crippen molar-refractivity contribution in [3.8, 4) is 0 Å². The first-order chi connectivity index (χ1) is 7.10. The van der Waals surface area contributed by atoms with Crippen LogP contribution in [0.15, 0.2) is 0 Å². The van der Waals surface area contributed by atoms with Crippen LogP contribution >= 0.6 is 11.6 Å². The van der Waals surface area contributed by atoms with Crippen LogP contribution < -0.4 is 0 Å². The van der Waals surface area contributed by atoms with Crippen LogP contribution in [-0.2, 0) is 14.3 Å². The number of methoxy groups -OCH3 is 1. The molecule has 84 valence electrons. The Kier molecular flexibility index (Phi) is 1.78. The number of epoxide rings is 1. The number of carbonyl (C=O) groups excluding carboxylic acids is 1. The summed E-state index contributed by atoms with van der Waals surface area (Å²) in [5, 5.41) is -1.17. The topological polar surface area (TPSA) is 38.8 Å². The first-order valence-electron chi connectivity index (χ1n) is 5.58. The van der Waals surface area contributed by atoms with Crippen molar-refractivity contribution in [1.29, 1.82) is 0 Å². The zero-order chi connectivity index (χ0) is 10.7. The lowest BCUT2D eigenvalue weighted by Crippen LogP contribution is -2.45. The van der Waals surface area contributed by atoms with Crippen molar-refractivity contribution in [2.24, 2.45) is 5.41 Å². The summed E-state index contributed by atoms with van der Waals surface area (Å²) >= 11 is 6.26. The van der Waals surface area contributed by atoms with Crippen molar-refractivity contribution in [1.82, 2.24) is 0 Å². The van der Waals surface area contributed by atoms with Gasteiger partial charge in [0.05, 0.1) is 7.11 Å². The Morgan fingerprint density at radius 1 is 1.27 bits per heavy atom. The van der Waals surface area contributed by atoms with E-state index in [4.69, 9.17) is 21.1 Å². The number of ether oxygens (including phenoxy) is 2. The molecule has 2 aliphatic carbocycles. The van der Waals surface area contributed by atoms with E-state index in [0.29, 0.717) is 0 Å². The molecule has 2 spiro atoms. The average Bonchev–Trinajstić information content (AvgIpc) is 2.59. The lowest BCUT2D eigenvalue weighted by molar-refractivity contribution is -0.143. The third-order valence-corrected chi connectivity index (χ3v) is 5.13. The normalized spacial score (nSPS) is 45.5. The maximum atomic E-state index is 11.6. The third-order valence-electron chi connectivity index (χ3n) is 4.59. The minimum absolute atomic E-state index is 0.183. The highest BCUT2D eigenvalue weighted by Crippen LogP contribution is 2.74. The first kappa shape index (κ1) is 9.91. The van der Waals surface area contributed by atoms with Crippen LogP contribution in [0.2, 0.25) is 0 Å². The minimum atomic E-state index is -1.17. The Hall–Kier alpha value is -0.280. The second-order valence-corrected chi connectivity index (χ2v) is 5.54. The summed E-state index contributed by atoms with van der Waals surface area (Å²) in [5.74, 6) is -0.419. The quantitative estimate of drug-likeness (QED) is 0.394. The van der Waals surface area contributed by atoms with Gasteiger partial charge < -0.3 is 9.47 Å². The summed E-state index contributed by atoms with van der Waals surface area (Å²) in [6, 6.07) is 0. The largest absolute Gasteiger partial charge is 0.466 e. The van der Waals surface area contributed by atoms with E-state index < -0.39 is 16.6 Å². The van der Waals surface area contributed by atoms with Crippen LogP contribution in [0.1, 0.15) is 38.5 Å². The van der Waals surface area contributed by atoms with Crippen molar-refractivity contribution in [2.75, 3.05) is 7.11 Å². The Balaban J connectivity index is 1.91. The fourth-order valence-electron chi connectivity index (χ4n) is 3.61. The van der Waals surface area contributed by atoms with Gasteiger partial charge >= 0.3 is 5.97 Å². The summed E-state index contributed by atoms with van der Waals surface area (Å²) in [6.07, 6.45) is 6.71. The SMILES string of the molecule is COC(=O)C1(Cl)OC12CCCC21CCC1. The van der Waals surface area contributed by atoms with Gasteiger partial charge in [-0.05, 0) is 32.1 Å². The highest BCUT2D eigenvalue weighted by Gasteiger charge is 2.84. The molecule has 2 saturated carbocycles. The zero-order valence-corrected chi connectivity index (χ0v) is 9.60. The van der Waals surface area contributed by atoms with Gasteiger partial charge in [-0.25, -0.2) is 4.79 Å². The van der Waals surface area contributed by atoms with Crippen LogP contribution in [0, 0.1) is 5.41 Å². The van der Waals surface area contributed by atoms with Gasteiger partial charge in [0.1, 0.15) is 5.60 Å². The monoisotopic (exact) mass is 230 g/mol. The molecule has 1 saturated heterocycles. The lowest BCUT2D eigenvalue weighted by atomic mass is 9.61. The molecule has 3 aliphatic rings. The van der Waals surface area contributed by atoms with Gasteiger partial charge in [0.25, 0.3) is 5.06 Å². The number of fused-ring (bicyclic) bond motifs is 1. The molecule has 1 aliphatic heterocycles. The van der Waals surface area contributed by atoms with Gasteiger partial charge in [-0.1, -0.05) is 18.0 Å². The zero-order valence-electron chi connectivity index (χ0n) is 8.85. The molecule has 0 aromatic heterocycles. The predicted molar refractivity (Wildman–Crippen MR) is 54.6 cm³/mol. The highest BCUT2D eigenvalue weighted by molar-refractivity contribution is 6.36. The molecule has 0 bridgehead atoms. The molecule has 3 nitrogen and oxygen atoms in total. The maximum Gasteiger partial charge on any atom is 0.357 e. The molecular formula is C11H15ClO3. The molecule has 0 amide bonds. The highest BCUT2D eigenvalue weighted by atomic mass is 35.5. The molecule has 0 aromatic rings. The van der Waals surface area contributed by atoms with E-state index in [0.717, 1.165) is 32.1 Å². The number of hydrogen-bond donors (Lipinski definition) is 0. The third kappa shape index (κ3) is 0.902. The number of alkyl halides is 1. The molecule has 2 atom stereocenters. The average molecular weight is 231 g/mol. The van der Waals surface area contributed by atoms with Gasteiger partial charge in [-0.2, -0.15) is 0 Å².